The number of hydrogen-bond donors (Lipinski definition) is 1. The van der Waals surface area contributed by atoms with Crippen LogP contribution >= 0.6 is 0 Å². The summed E-state index contributed by atoms with van der Waals surface area (Å²) in [6, 6.07) is 12.7. The van der Waals surface area contributed by atoms with Crippen molar-refractivity contribution in [3.8, 4) is 5.75 Å². The lowest BCUT2D eigenvalue weighted by atomic mass is 9.74. The number of hydrogen-bond acceptors (Lipinski definition) is 4. The number of carbonyl (C=O) groups is 1. The molecule has 27 heavy (non-hydrogen) atoms. The molecule has 1 N–H and O–H groups in total. The topological polar surface area (TPSA) is 80.7 Å². The van der Waals surface area contributed by atoms with Crippen LogP contribution in [0.25, 0.3) is 0 Å². The lowest BCUT2D eigenvalue weighted by molar-refractivity contribution is 0.0730. The molecule has 5 nitrogen and oxygen atoms in total. The Morgan fingerprint density at radius 3 is 2.19 bits per heavy atom. The minimum Gasteiger partial charge on any atom is -0.423 e. The fraction of sp³-hybridized carbons (Fsp3) is 0.381. The first-order valence-electron chi connectivity index (χ1n) is 8.92. The molecule has 2 aromatic carbocycles. The van der Waals surface area contributed by atoms with Gasteiger partial charge in [0, 0.05) is 0 Å². The number of benzene rings is 2. The first kappa shape index (κ1) is 21.1. The molecule has 0 spiro atoms. The van der Waals surface area contributed by atoms with Crippen LogP contribution in [0.1, 0.15) is 62.4 Å². The van der Waals surface area contributed by atoms with E-state index in [1.54, 1.807) is 12.1 Å². The van der Waals surface area contributed by atoms with Crippen molar-refractivity contribution in [3.63, 3.8) is 0 Å². The molecule has 0 aliphatic carbocycles. The summed E-state index contributed by atoms with van der Waals surface area (Å²) in [7, 11) is -4.51. The molecule has 1 unspecified atom stereocenters. The van der Waals surface area contributed by atoms with Gasteiger partial charge in [0.05, 0.1) is 5.56 Å². The summed E-state index contributed by atoms with van der Waals surface area (Å²) in [6.45, 7) is 8.76. The summed E-state index contributed by atoms with van der Waals surface area (Å²) >= 11 is 0. The van der Waals surface area contributed by atoms with Gasteiger partial charge in [-0.25, -0.2) is 4.79 Å². The van der Waals surface area contributed by atoms with Crippen LogP contribution in [0.3, 0.4) is 0 Å². The zero-order valence-corrected chi connectivity index (χ0v) is 16.9. The number of rotatable bonds is 6. The predicted molar refractivity (Wildman–Crippen MR) is 105 cm³/mol. The van der Waals surface area contributed by atoms with E-state index in [4.69, 9.17) is 4.74 Å². The van der Waals surface area contributed by atoms with E-state index in [0.29, 0.717) is 11.7 Å². The average Bonchev–Trinajstić information content (AvgIpc) is 2.59. The normalized spacial score (nSPS) is 13.2. The Kier molecular flexibility index (Phi) is 6.44. The Morgan fingerprint density at radius 1 is 1.07 bits per heavy atom. The van der Waals surface area contributed by atoms with Crippen LogP contribution in [-0.4, -0.2) is 18.9 Å². The standard InChI is InChI=1S/C21H26O5S/c1-5-8-18(21(2,3)4)15-11-13-16(14-12-15)26-20(22)17-9-6-7-10-19(17)27(23,24)25/h6-7,9-14,18H,5,8H2,1-4H3,(H,23,24,25). The third-order valence-corrected chi connectivity index (χ3v) is 5.41. The molecule has 0 saturated carbocycles. The first-order valence-corrected chi connectivity index (χ1v) is 10.4. The van der Waals surface area contributed by atoms with Crippen molar-refractivity contribution in [1.29, 1.82) is 0 Å². The number of esters is 1. The highest BCUT2D eigenvalue weighted by Crippen LogP contribution is 2.39. The quantitative estimate of drug-likeness (QED) is 0.422. The van der Waals surface area contributed by atoms with Crippen LogP contribution in [0.2, 0.25) is 0 Å². The van der Waals surface area contributed by atoms with Crippen LogP contribution < -0.4 is 4.74 Å². The zero-order chi connectivity index (χ0) is 20.2. The monoisotopic (exact) mass is 390 g/mol. The molecule has 0 radical (unpaired) electrons. The molecule has 0 amide bonds. The average molecular weight is 391 g/mol. The van der Waals surface area contributed by atoms with Crippen LogP contribution in [0, 0.1) is 5.41 Å². The number of ether oxygens (including phenoxy) is 1. The molecule has 0 heterocycles. The summed E-state index contributed by atoms with van der Waals surface area (Å²) in [4.78, 5) is 11.9. The molecule has 0 bridgehead atoms. The highest BCUT2D eigenvalue weighted by atomic mass is 32.2. The maximum atomic E-state index is 12.4. The second-order valence-electron chi connectivity index (χ2n) is 7.64. The minimum atomic E-state index is -4.51. The van der Waals surface area contributed by atoms with E-state index in [2.05, 4.69) is 27.7 Å². The molecular weight excluding hydrogens is 364 g/mol. The van der Waals surface area contributed by atoms with E-state index in [0.717, 1.165) is 18.9 Å². The first-order chi connectivity index (χ1) is 12.5. The maximum absolute atomic E-state index is 12.4. The lowest BCUT2D eigenvalue weighted by Gasteiger charge is -2.31. The zero-order valence-electron chi connectivity index (χ0n) is 16.1. The Morgan fingerprint density at radius 2 is 1.67 bits per heavy atom. The lowest BCUT2D eigenvalue weighted by Crippen LogP contribution is -2.18. The third kappa shape index (κ3) is 5.40. The summed E-state index contributed by atoms with van der Waals surface area (Å²) in [5.74, 6) is -0.137. The highest BCUT2D eigenvalue weighted by Gasteiger charge is 2.26. The molecule has 6 heteroatoms. The largest absolute Gasteiger partial charge is 0.423 e. The smallest absolute Gasteiger partial charge is 0.344 e. The molecule has 2 rings (SSSR count). The van der Waals surface area contributed by atoms with Gasteiger partial charge in [0.2, 0.25) is 0 Å². The van der Waals surface area contributed by atoms with E-state index in [1.807, 2.05) is 12.1 Å². The van der Waals surface area contributed by atoms with Crippen molar-refractivity contribution in [3.05, 3.63) is 59.7 Å². The molecule has 0 fully saturated rings. The summed E-state index contributed by atoms with van der Waals surface area (Å²) in [5.41, 5.74) is 1.08. The van der Waals surface area contributed by atoms with Gasteiger partial charge < -0.3 is 4.74 Å². The Hall–Kier alpha value is -2.18. The molecule has 0 aromatic heterocycles. The van der Waals surface area contributed by atoms with Crippen molar-refractivity contribution in [2.45, 2.75) is 51.3 Å². The van der Waals surface area contributed by atoms with Crippen LogP contribution in [0.4, 0.5) is 0 Å². The Balaban J connectivity index is 2.24. The van der Waals surface area contributed by atoms with Gasteiger partial charge in [-0.05, 0) is 47.6 Å². The fourth-order valence-electron chi connectivity index (χ4n) is 3.18. The van der Waals surface area contributed by atoms with Gasteiger partial charge in [-0.2, -0.15) is 8.42 Å². The predicted octanol–water partition coefficient (Wildman–Crippen LogP) is 5.08. The minimum absolute atomic E-state index is 0.114. The van der Waals surface area contributed by atoms with Crippen LogP contribution in [0.15, 0.2) is 53.4 Å². The van der Waals surface area contributed by atoms with Crippen molar-refractivity contribution in [1.82, 2.24) is 0 Å². The molecular formula is C21H26O5S. The fourth-order valence-corrected chi connectivity index (χ4v) is 3.86. The van der Waals surface area contributed by atoms with E-state index in [9.17, 15) is 17.8 Å². The Bertz CT molecular complexity index is 893. The second-order valence-corrected chi connectivity index (χ2v) is 9.03. The molecule has 0 saturated heterocycles. The summed E-state index contributed by atoms with van der Waals surface area (Å²) in [5, 5.41) is 0. The molecule has 146 valence electrons. The SMILES string of the molecule is CCCC(c1ccc(OC(=O)c2ccccc2S(=O)(=O)O)cc1)C(C)(C)C. The van der Waals surface area contributed by atoms with E-state index >= 15 is 0 Å². The van der Waals surface area contributed by atoms with Gasteiger partial charge in [0.1, 0.15) is 10.6 Å². The van der Waals surface area contributed by atoms with Gasteiger partial charge in [-0.1, -0.05) is 58.4 Å². The summed E-state index contributed by atoms with van der Waals surface area (Å²) in [6.07, 6.45) is 2.13. The molecule has 0 aliphatic rings. The van der Waals surface area contributed by atoms with Crippen LogP contribution in [-0.2, 0) is 10.1 Å². The summed E-state index contributed by atoms with van der Waals surface area (Å²) < 4.78 is 37.4. The van der Waals surface area contributed by atoms with Crippen molar-refractivity contribution < 1.29 is 22.5 Å². The van der Waals surface area contributed by atoms with Crippen molar-refractivity contribution in [2.24, 2.45) is 5.41 Å². The van der Waals surface area contributed by atoms with Crippen molar-refractivity contribution >= 4 is 16.1 Å². The van der Waals surface area contributed by atoms with E-state index in [-0.39, 0.29) is 11.0 Å². The van der Waals surface area contributed by atoms with Gasteiger partial charge in [-0.3, -0.25) is 4.55 Å². The molecule has 1 atom stereocenters. The van der Waals surface area contributed by atoms with E-state index in [1.165, 1.54) is 23.8 Å². The number of carbonyl (C=O) groups excluding carboxylic acids is 1. The van der Waals surface area contributed by atoms with Gasteiger partial charge in [0.25, 0.3) is 10.1 Å². The second kappa shape index (κ2) is 8.23. The van der Waals surface area contributed by atoms with Gasteiger partial charge >= 0.3 is 5.97 Å². The van der Waals surface area contributed by atoms with Crippen molar-refractivity contribution in [2.75, 3.05) is 0 Å². The van der Waals surface area contributed by atoms with Gasteiger partial charge in [-0.15, -0.1) is 0 Å². The van der Waals surface area contributed by atoms with Crippen LogP contribution in [0.5, 0.6) is 5.75 Å². The highest BCUT2D eigenvalue weighted by molar-refractivity contribution is 7.86. The third-order valence-electron chi connectivity index (χ3n) is 4.50. The molecule has 0 aliphatic heterocycles. The molecule has 2 aromatic rings. The maximum Gasteiger partial charge on any atom is 0.344 e. The van der Waals surface area contributed by atoms with E-state index < -0.39 is 21.0 Å². The van der Waals surface area contributed by atoms with Gasteiger partial charge in [0.15, 0.2) is 0 Å². The Labute approximate surface area is 161 Å².